The summed E-state index contributed by atoms with van der Waals surface area (Å²) >= 11 is 0. The maximum absolute atomic E-state index is 8.37. The zero-order valence-corrected chi connectivity index (χ0v) is 5.03. The molecule has 0 radical (unpaired) electrons. The molecule has 46 valence electrons. The van der Waals surface area contributed by atoms with E-state index in [0.717, 1.165) is 0 Å². The predicted octanol–water partition coefficient (Wildman–Crippen LogP) is 0.841. The first-order valence-corrected chi connectivity index (χ1v) is 2.59. The summed E-state index contributed by atoms with van der Waals surface area (Å²) < 4.78 is 4.87. The molecule has 0 amide bonds. The van der Waals surface area contributed by atoms with Crippen LogP contribution in [0.15, 0.2) is 17.5 Å². The number of aliphatic imine (C=N–C) groups is 1. The molecule has 0 spiro atoms. The van der Waals surface area contributed by atoms with Crippen molar-refractivity contribution in [3.05, 3.63) is 12.5 Å². The minimum Gasteiger partial charge on any atom is -0.475 e. The van der Waals surface area contributed by atoms with Crippen molar-refractivity contribution in [3.63, 3.8) is 0 Å². The van der Waals surface area contributed by atoms with Crippen LogP contribution in [0.1, 0.15) is 6.92 Å². The lowest BCUT2D eigenvalue weighted by molar-refractivity contribution is 0.243. The first-order valence-electron chi connectivity index (χ1n) is 2.59. The van der Waals surface area contributed by atoms with Gasteiger partial charge in [0, 0.05) is 0 Å². The van der Waals surface area contributed by atoms with Crippen molar-refractivity contribution in [1.29, 1.82) is 5.26 Å². The molecule has 0 bridgehead atoms. The molecule has 3 heteroatoms. The van der Waals surface area contributed by atoms with E-state index in [9.17, 15) is 0 Å². The summed E-state index contributed by atoms with van der Waals surface area (Å²) in [7, 11) is 0. The molecule has 3 nitrogen and oxygen atoms in total. The van der Waals surface area contributed by atoms with Gasteiger partial charge in [0.15, 0.2) is 0 Å². The van der Waals surface area contributed by atoms with Crippen LogP contribution in [-0.2, 0) is 4.74 Å². The van der Waals surface area contributed by atoms with Crippen molar-refractivity contribution < 1.29 is 4.74 Å². The molecule has 0 fully saturated rings. The lowest BCUT2D eigenvalue weighted by Gasteiger charge is -2.09. The Labute approximate surface area is 53.3 Å². The smallest absolute Gasteiger partial charge is 0.221 e. The summed E-state index contributed by atoms with van der Waals surface area (Å²) in [5.74, 6) is 0. The Morgan fingerprint density at radius 2 is 2.67 bits per heavy atom. The standard InChI is InChI=1S/C6H6N2O/c1-5-6(4-7)9-3-2-8-5/h2-3,6H,1H3. The van der Waals surface area contributed by atoms with Gasteiger partial charge in [0.05, 0.1) is 11.9 Å². The Hall–Kier alpha value is -1.30. The zero-order chi connectivity index (χ0) is 6.69. The normalized spacial score (nSPS) is 24.0. The number of hydrogen-bond donors (Lipinski definition) is 0. The Morgan fingerprint density at radius 3 is 3.11 bits per heavy atom. The fourth-order valence-corrected chi connectivity index (χ4v) is 0.552. The van der Waals surface area contributed by atoms with Crippen LogP contribution >= 0.6 is 0 Å². The summed E-state index contributed by atoms with van der Waals surface area (Å²) in [5.41, 5.74) is 0.708. The first kappa shape index (κ1) is 5.83. The van der Waals surface area contributed by atoms with Gasteiger partial charge in [-0.15, -0.1) is 0 Å². The molecular formula is C6H6N2O. The van der Waals surface area contributed by atoms with Gasteiger partial charge in [0.25, 0.3) is 0 Å². The van der Waals surface area contributed by atoms with Crippen LogP contribution in [0.25, 0.3) is 0 Å². The fourth-order valence-electron chi connectivity index (χ4n) is 0.552. The van der Waals surface area contributed by atoms with E-state index < -0.39 is 6.10 Å². The van der Waals surface area contributed by atoms with E-state index in [2.05, 4.69) is 4.99 Å². The monoisotopic (exact) mass is 122 g/mol. The molecule has 0 N–H and O–H groups in total. The maximum Gasteiger partial charge on any atom is 0.221 e. The first-order chi connectivity index (χ1) is 4.34. The molecule has 0 saturated carbocycles. The van der Waals surface area contributed by atoms with Gasteiger partial charge in [0.2, 0.25) is 6.10 Å². The molecule has 0 aromatic heterocycles. The third-order valence-electron chi connectivity index (χ3n) is 1.05. The number of nitrogens with zero attached hydrogens (tertiary/aromatic N) is 2. The van der Waals surface area contributed by atoms with Gasteiger partial charge in [-0.25, -0.2) is 0 Å². The highest BCUT2D eigenvalue weighted by molar-refractivity contribution is 5.89. The number of rotatable bonds is 0. The Morgan fingerprint density at radius 1 is 1.89 bits per heavy atom. The highest BCUT2D eigenvalue weighted by Crippen LogP contribution is 2.01. The SMILES string of the molecule is CC1=NC=COC1C#N. The topological polar surface area (TPSA) is 45.4 Å². The third kappa shape index (κ3) is 1.08. The van der Waals surface area contributed by atoms with Crippen molar-refractivity contribution in [1.82, 2.24) is 0 Å². The highest BCUT2D eigenvalue weighted by Gasteiger charge is 2.11. The minimum atomic E-state index is -0.477. The van der Waals surface area contributed by atoms with Crippen molar-refractivity contribution in [2.24, 2.45) is 4.99 Å². The van der Waals surface area contributed by atoms with Crippen LogP contribution < -0.4 is 0 Å². The van der Waals surface area contributed by atoms with E-state index in [0.29, 0.717) is 5.71 Å². The molecular weight excluding hydrogens is 116 g/mol. The Balaban J connectivity index is 2.73. The van der Waals surface area contributed by atoms with Crippen LogP contribution in [-0.4, -0.2) is 11.8 Å². The minimum absolute atomic E-state index is 0.477. The zero-order valence-electron chi connectivity index (χ0n) is 5.03. The summed E-state index contributed by atoms with van der Waals surface area (Å²) in [6.45, 7) is 1.76. The molecule has 0 aromatic carbocycles. The summed E-state index contributed by atoms with van der Waals surface area (Å²) in [4.78, 5) is 3.87. The van der Waals surface area contributed by atoms with E-state index in [1.54, 1.807) is 6.92 Å². The third-order valence-corrected chi connectivity index (χ3v) is 1.05. The molecule has 1 atom stereocenters. The number of hydrogen-bond acceptors (Lipinski definition) is 3. The lowest BCUT2D eigenvalue weighted by Crippen LogP contribution is -2.18. The van der Waals surface area contributed by atoms with Gasteiger partial charge in [0.1, 0.15) is 12.3 Å². The summed E-state index contributed by atoms with van der Waals surface area (Å²) in [6.07, 6.45) is 2.47. The summed E-state index contributed by atoms with van der Waals surface area (Å²) in [6, 6.07) is 1.95. The van der Waals surface area contributed by atoms with Crippen molar-refractivity contribution in [2.45, 2.75) is 13.0 Å². The lowest BCUT2D eigenvalue weighted by atomic mass is 10.2. The highest BCUT2D eigenvalue weighted by atomic mass is 16.5. The van der Waals surface area contributed by atoms with Crippen LogP contribution in [0.3, 0.4) is 0 Å². The van der Waals surface area contributed by atoms with Crippen molar-refractivity contribution >= 4 is 5.71 Å². The van der Waals surface area contributed by atoms with E-state index in [1.807, 2.05) is 6.07 Å². The maximum atomic E-state index is 8.37. The van der Waals surface area contributed by atoms with E-state index in [1.165, 1.54) is 12.5 Å². The Bertz CT molecular complexity index is 200. The molecule has 1 aliphatic heterocycles. The molecule has 1 unspecified atom stereocenters. The second-order valence-corrected chi connectivity index (χ2v) is 1.70. The molecule has 0 aromatic rings. The predicted molar refractivity (Wildman–Crippen MR) is 32.7 cm³/mol. The van der Waals surface area contributed by atoms with Gasteiger partial charge in [-0.3, -0.25) is 4.99 Å². The van der Waals surface area contributed by atoms with Gasteiger partial charge in [-0.1, -0.05) is 0 Å². The molecule has 0 aliphatic carbocycles. The average Bonchev–Trinajstić information content (AvgIpc) is 1.89. The quantitative estimate of drug-likeness (QED) is 0.478. The second-order valence-electron chi connectivity index (χ2n) is 1.70. The van der Waals surface area contributed by atoms with Crippen molar-refractivity contribution in [3.8, 4) is 6.07 Å². The van der Waals surface area contributed by atoms with E-state index in [-0.39, 0.29) is 0 Å². The van der Waals surface area contributed by atoms with Crippen LogP contribution in [0.4, 0.5) is 0 Å². The largest absolute Gasteiger partial charge is 0.475 e. The van der Waals surface area contributed by atoms with Crippen LogP contribution in [0.2, 0.25) is 0 Å². The molecule has 1 heterocycles. The molecule has 9 heavy (non-hydrogen) atoms. The second kappa shape index (κ2) is 2.31. The molecule has 1 aliphatic rings. The Kier molecular flexibility index (Phi) is 1.50. The van der Waals surface area contributed by atoms with Crippen LogP contribution in [0, 0.1) is 11.3 Å². The average molecular weight is 122 g/mol. The molecule has 1 rings (SSSR count). The number of ether oxygens (including phenoxy) is 1. The fraction of sp³-hybridized carbons (Fsp3) is 0.333. The molecule has 0 saturated heterocycles. The van der Waals surface area contributed by atoms with E-state index in [4.69, 9.17) is 10.00 Å². The van der Waals surface area contributed by atoms with Crippen molar-refractivity contribution in [2.75, 3.05) is 0 Å². The van der Waals surface area contributed by atoms with Gasteiger partial charge in [-0.2, -0.15) is 5.26 Å². The van der Waals surface area contributed by atoms with Crippen LogP contribution in [0.5, 0.6) is 0 Å². The van der Waals surface area contributed by atoms with Gasteiger partial charge in [-0.05, 0) is 6.92 Å². The van der Waals surface area contributed by atoms with Gasteiger partial charge >= 0.3 is 0 Å². The van der Waals surface area contributed by atoms with E-state index >= 15 is 0 Å². The van der Waals surface area contributed by atoms with Gasteiger partial charge < -0.3 is 4.74 Å². The number of nitriles is 1. The summed E-state index contributed by atoms with van der Waals surface area (Å²) in [5, 5.41) is 8.37.